The molecule has 1 fully saturated rings. The monoisotopic (exact) mass is 327 g/mol. The Bertz CT molecular complexity index is 745. The third-order valence-corrected chi connectivity index (χ3v) is 5.45. The number of rotatable bonds is 4. The summed E-state index contributed by atoms with van der Waals surface area (Å²) in [5, 5.41) is 7.47. The first-order valence-corrected chi connectivity index (χ1v) is 8.76. The molecule has 0 radical (unpaired) electrons. The smallest absolute Gasteiger partial charge is 0.321 e. The molecule has 1 N–H and O–H groups in total. The van der Waals surface area contributed by atoms with E-state index in [2.05, 4.69) is 15.5 Å². The van der Waals surface area contributed by atoms with Gasteiger partial charge in [0.15, 0.2) is 9.84 Å². The highest BCUT2D eigenvalue weighted by molar-refractivity contribution is 7.91. The normalized spacial score (nSPS) is 20.5. The summed E-state index contributed by atoms with van der Waals surface area (Å²) in [4.78, 5) is 4.22. The van der Waals surface area contributed by atoms with Crippen molar-refractivity contribution < 1.29 is 12.9 Å². The highest BCUT2D eigenvalue weighted by atomic mass is 35.5. The average molecular weight is 328 g/mol. The van der Waals surface area contributed by atoms with Crippen LogP contribution in [0.3, 0.4) is 0 Å². The van der Waals surface area contributed by atoms with Crippen LogP contribution in [0.25, 0.3) is 11.4 Å². The zero-order valence-corrected chi connectivity index (χ0v) is 12.7. The summed E-state index contributed by atoms with van der Waals surface area (Å²) < 4.78 is 27.9. The fourth-order valence-corrected chi connectivity index (χ4v) is 4.36. The molecule has 1 saturated heterocycles. The molecule has 0 spiro atoms. The molecule has 8 heteroatoms. The van der Waals surface area contributed by atoms with Crippen LogP contribution in [0.1, 0.15) is 6.42 Å². The van der Waals surface area contributed by atoms with Gasteiger partial charge >= 0.3 is 6.01 Å². The third kappa shape index (κ3) is 3.54. The number of hydrogen-bond acceptors (Lipinski definition) is 6. The summed E-state index contributed by atoms with van der Waals surface area (Å²) in [6.45, 7) is 0.510. The molecular formula is C13H14ClN3O3S. The summed E-state index contributed by atoms with van der Waals surface area (Å²) in [7, 11) is -2.86. The predicted octanol–water partition coefficient (Wildman–Crippen LogP) is 2.24. The predicted molar refractivity (Wildman–Crippen MR) is 80.0 cm³/mol. The molecule has 2 aromatic rings. The lowest BCUT2D eigenvalue weighted by atomic mass is 10.1. The minimum Gasteiger partial charge on any atom is -0.337 e. The third-order valence-electron chi connectivity index (χ3n) is 3.38. The van der Waals surface area contributed by atoms with E-state index in [1.54, 1.807) is 12.1 Å². The van der Waals surface area contributed by atoms with E-state index in [1.165, 1.54) is 0 Å². The van der Waals surface area contributed by atoms with E-state index in [9.17, 15) is 8.42 Å². The molecule has 1 aromatic heterocycles. The van der Waals surface area contributed by atoms with Gasteiger partial charge in [-0.2, -0.15) is 4.98 Å². The van der Waals surface area contributed by atoms with Gasteiger partial charge in [-0.25, -0.2) is 8.42 Å². The summed E-state index contributed by atoms with van der Waals surface area (Å²) in [6.07, 6.45) is 0.671. The van der Waals surface area contributed by atoms with Crippen molar-refractivity contribution in [1.82, 2.24) is 10.1 Å². The second-order valence-electron chi connectivity index (χ2n) is 5.08. The Morgan fingerprint density at radius 2 is 2.29 bits per heavy atom. The highest BCUT2D eigenvalue weighted by Gasteiger charge is 2.27. The Morgan fingerprint density at radius 3 is 3.00 bits per heavy atom. The zero-order valence-electron chi connectivity index (χ0n) is 11.1. The van der Waals surface area contributed by atoms with Gasteiger partial charge in [0, 0.05) is 17.1 Å². The van der Waals surface area contributed by atoms with Crippen molar-refractivity contribution in [3.63, 3.8) is 0 Å². The largest absolute Gasteiger partial charge is 0.337 e. The number of benzene rings is 1. The molecule has 1 atom stereocenters. The van der Waals surface area contributed by atoms with Crippen LogP contribution in [0.15, 0.2) is 28.8 Å². The average Bonchev–Trinajstić information content (AvgIpc) is 3.03. The Hall–Kier alpha value is -1.60. The number of nitrogens with one attached hydrogen (secondary N) is 1. The van der Waals surface area contributed by atoms with Crippen molar-refractivity contribution >= 4 is 27.5 Å². The Morgan fingerprint density at radius 1 is 1.43 bits per heavy atom. The van der Waals surface area contributed by atoms with Gasteiger partial charge in [0.2, 0.25) is 5.82 Å². The summed E-state index contributed by atoms with van der Waals surface area (Å²) in [6, 6.07) is 7.45. The first-order valence-electron chi connectivity index (χ1n) is 6.56. The summed E-state index contributed by atoms with van der Waals surface area (Å²) in [5.74, 6) is 1.02. The molecule has 1 aromatic carbocycles. The highest BCUT2D eigenvalue weighted by Crippen LogP contribution is 2.22. The second-order valence-corrected chi connectivity index (χ2v) is 7.75. The maximum Gasteiger partial charge on any atom is 0.321 e. The van der Waals surface area contributed by atoms with Gasteiger partial charge < -0.3 is 9.84 Å². The number of aromatic nitrogens is 2. The maximum atomic E-state index is 11.4. The lowest BCUT2D eigenvalue weighted by Gasteiger charge is -2.06. The lowest BCUT2D eigenvalue weighted by Crippen LogP contribution is -2.15. The molecule has 21 heavy (non-hydrogen) atoms. The van der Waals surface area contributed by atoms with E-state index in [-0.39, 0.29) is 23.4 Å². The summed E-state index contributed by atoms with van der Waals surface area (Å²) in [5.41, 5.74) is 0.766. The van der Waals surface area contributed by atoms with Crippen LogP contribution in [0.5, 0.6) is 0 Å². The number of nitrogens with zero attached hydrogens (tertiary/aromatic N) is 2. The molecule has 2 heterocycles. The first-order chi connectivity index (χ1) is 10.0. The van der Waals surface area contributed by atoms with Crippen molar-refractivity contribution in [3.8, 4) is 11.4 Å². The van der Waals surface area contributed by atoms with E-state index < -0.39 is 9.84 Å². The fraction of sp³-hybridized carbons (Fsp3) is 0.385. The quantitative estimate of drug-likeness (QED) is 0.927. The molecule has 1 aliphatic rings. The molecule has 0 saturated carbocycles. The van der Waals surface area contributed by atoms with Gasteiger partial charge in [0.05, 0.1) is 11.5 Å². The van der Waals surface area contributed by atoms with Crippen molar-refractivity contribution in [2.45, 2.75) is 6.42 Å². The first kappa shape index (κ1) is 14.3. The Kier molecular flexibility index (Phi) is 3.86. The molecule has 3 rings (SSSR count). The molecular weight excluding hydrogens is 314 g/mol. The Labute approximate surface area is 127 Å². The van der Waals surface area contributed by atoms with E-state index >= 15 is 0 Å². The van der Waals surface area contributed by atoms with Crippen molar-refractivity contribution in [2.24, 2.45) is 5.92 Å². The minimum absolute atomic E-state index is 0.0940. The standard InChI is InChI=1S/C13H14ClN3O3S/c14-11-3-1-2-10(6-11)12-16-13(20-17-12)15-7-9-4-5-21(18,19)8-9/h1-3,6,9H,4-5,7-8H2,(H,15,16,17)/t9-/m1/s1. The zero-order chi connectivity index (χ0) is 14.9. The number of halogens is 1. The van der Waals surface area contributed by atoms with Gasteiger partial charge in [0.1, 0.15) is 0 Å². The topological polar surface area (TPSA) is 85.1 Å². The minimum atomic E-state index is -2.86. The van der Waals surface area contributed by atoms with Crippen LogP contribution in [0.2, 0.25) is 5.02 Å². The second kappa shape index (κ2) is 5.65. The van der Waals surface area contributed by atoms with Gasteiger partial charge in [-0.1, -0.05) is 28.9 Å². The molecule has 112 valence electrons. The van der Waals surface area contributed by atoms with Gasteiger partial charge in [0.25, 0.3) is 0 Å². The van der Waals surface area contributed by atoms with Crippen LogP contribution in [0, 0.1) is 5.92 Å². The van der Waals surface area contributed by atoms with Crippen molar-refractivity contribution in [2.75, 3.05) is 23.4 Å². The maximum absolute atomic E-state index is 11.4. The molecule has 0 amide bonds. The van der Waals surface area contributed by atoms with Gasteiger partial charge in [-0.05, 0) is 24.5 Å². The van der Waals surface area contributed by atoms with Crippen molar-refractivity contribution in [3.05, 3.63) is 29.3 Å². The lowest BCUT2D eigenvalue weighted by molar-refractivity contribution is 0.429. The number of anilines is 1. The van der Waals surface area contributed by atoms with Crippen LogP contribution in [0.4, 0.5) is 6.01 Å². The van der Waals surface area contributed by atoms with Crippen LogP contribution >= 0.6 is 11.6 Å². The van der Waals surface area contributed by atoms with Crippen LogP contribution in [-0.4, -0.2) is 36.6 Å². The van der Waals surface area contributed by atoms with Gasteiger partial charge in [-0.15, -0.1) is 0 Å². The van der Waals surface area contributed by atoms with E-state index in [0.29, 0.717) is 23.8 Å². The van der Waals surface area contributed by atoms with E-state index in [1.807, 2.05) is 12.1 Å². The molecule has 0 unspecified atom stereocenters. The Balaban J connectivity index is 1.63. The molecule has 1 aliphatic heterocycles. The summed E-state index contributed by atoms with van der Waals surface area (Å²) >= 11 is 5.92. The molecule has 0 aliphatic carbocycles. The van der Waals surface area contributed by atoms with Crippen LogP contribution < -0.4 is 5.32 Å². The van der Waals surface area contributed by atoms with E-state index in [0.717, 1.165) is 5.56 Å². The SMILES string of the molecule is O=S1(=O)CC[C@H](CNc2nc(-c3cccc(Cl)c3)no2)C1. The van der Waals surface area contributed by atoms with Crippen molar-refractivity contribution in [1.29, 1.82) is 0 Å². The van der Waals surface area contributed by atoms with E-state index in [4.69, 9.17) is 16.1 Å². The molecule has 6 nitrogen and oxygen atoms in total. The fourth-order valence-electron chi connectivity index (χ4n) is 2.30. The molecule has 0 bridgehead atoms. The number of hydrogen-bond donors (Lipinski definition) is 1. The van der Waals surface area contributed by atoms with Crippen LogP contribution in [-0.2, 0) is 9.84 Å². The number of sulfone groups is 1. The van der Waals surface area contributed by atoms with Gasteiger partial charge in [-0.3, -0.25) is 0 Å².